The second-order valence-electron chi connectivity index (χ2n) is 3.55. The Hall–Kier alpha value is 0.250. The van der Waals surface area contributed by atoms with Crippen molar-refractivity contribution in [2.24, 2.45) is 0 Å². The summed E-state index contributed by atoms with van der Waals surface area (Å²) in [6, 6.07) is 2.13. The first-order chi connectivity index (χ1) is 7.74. The Morgan fingerprint density at radius 1 is 1.31 bits per heavy atom. The van der Waals surface area contributed by atoms with E-state index in [1.807, 2.05) is 0 Å². The smallest absolute Gasteiger partial charge is 0.134 e. The summed E-state index contributed by atoms with van der Waals surface area (Å²) in [6.45, 7) is 2.02. The van der Waals surface area contributed by atoms with Crippen molar-refractivity contribution in [2.45, 2.75) is 13.0 Å². The lowest BCUT2D eigenvalue weighted by Gasteiger charge is -2.09. The Morgan fingerprint density at radius 3 is 2.88 bits per heavy atom. The molecule has 84 valence electrons. The Labute approximate surface area is 118 Å². The van der Waals surface area contributed by atoms with Gasteiger partial charge in [0.15, 0.2) is 0 Å². The van der Waals surface area contributed by atoms with Gasteiger partial charge in [-0.2, -0.15) is 0 Å². The minimum absolute atomic E-state index is 0.973. The van der Waals surface area contributed by atoms with Crippen molar-refractivity contribution in [1.29, 1.82) is 0 Å². The molecule has 0 atom stereocenters. The Balaban J connectivity index is 2.03. The molecule has 6 heteroatoms. The highest BCUT2D eigenvalue weighted by molar-refractivity contribution is 9.13. The summed E-state index contributed by atoms with van der Waals surface area (Å²) in [5.74, 6) is 0. The average molecular weight is 380 g/mol. The van der Waals surface area contributed by atoms with Gasteiger partial charge in [-0.3, -0.25) is 0 Å². The number of nitrogens with zero attached hydrogens (tertiary/aromatic N) is 1. The zero-order valence-corrected chi connectivity index (χ0v) is 13.0. The molecule has 1 N–H and O–H groups in total. The molecule has 0 bridgehead atoms. The lowest BCUT2D eigenvalue weighted by Crippen LogP contribution is -2.22. The number of halogens is 2. The molecule has 0 amide bonds. The molecule has 0 saturated heterocycles. The van der Waals surface area contributed by atoms with Crippen LogP contribution in [-0.2, 0) is 13.0 Å². The van der Waals surface area contributed by atoms with Crippen LogP contribution in [0.2, 0.25) is 0 Å². The van der Waals surface area contributed by atoms with Crippen LogP contribution in [0.3, 0.4) is 0 Å². The van der Waals surface area contributed by atoms with E-state index in [-0.39, 0.29) is 0 Å². The van der Waals surface area contributed by atoms with Crippen molar-refractivity contribution < 1.29 is 0 Å². The first-order valence-electron chi connectivity index (χ1n) is 4.88. The van der Waals surface area contributed by atoms with Gasteiger partial charge in [-0.15, -0.1) is 22.7 Å². The van der Waals surface area contributed by atoms with Crippen LogP contribution in [-0.4, -0.2) is 11.5 Å². The molecule has 1 aliphatic heterocycles. The van der Waals surface area contributed by atoms with Crippen LogP contribution >= 0.6 is 54.5 Å². The Morgan fingerprint density at radius 2 is 2.19 bits per heavy atom. The highest BCUT2D eigenvalue weighted by atomic mass is 79.9. The number of aromatic nitrogens is 1. The largest absolute Gasteiger partial charge is 0.311 e. The van der Waals surface area contributed by atoms with Gasteiger partial charge < -0.3 is 5.32 Å². The van der Waals surface area contributed by atoms with Gasteiger partial charge in [0.1, 0.15) is 5.01 Å². The molecule has 2 aromatic heterocycles. The van der Waals surface area contributed by atoms with Crippen LogP contribution in [0.4, 0.5) is 0 Å². The van der Waals surface area contributed by atoms with Crippen molar-refractivity contribution in [3.05, 3.63) is 24.9 Å². The van der Waals surface area contributed by atoms with Crippen LogP contribution in [0.1, 0.15) is 10.6 Å². The van der Waals surface area contributed by atoms with Gasteiger partial charge in [-0.1, -0.05) is 0 Å². The summed E-state index contributed by atoms with van der Waals surface area (Å²) in [5, 5.41) is 4.52. The van der Waals surface area contributed by atoms with E-state index in [2.05, 4.69) is 43.2 Å². The molecule has 0 fully saturated rings. The highest BCUT2D eigenvalue weighted by Crippen LogP contribution is 2.40. The molecule has 0 unspecified atom stereocenters. The lowest BCUT2D eigenvalue weighted by atomic mass is 10.2. The maximum atomic E-state index is 4.72. The first kappa shape index (κ1) is 11.3. The quantitative estimate of drug-likeness (QED) is 0.808. The molecule has 16 heavy (non-hydrogen) atoms. The van der Waals surface area contributed by atoms with E-state index < -0.39 is 0 Å². The SMILES string of the molecule is Brc1cc(-c2nc3c(s2)CNCC3)sc1Br. The van der Waals surface area contributed by atoms with Crippen LogP contribution in [0, 0.1) is 0 Å². The van der Waals surface area contributed by atoms with E-state index in [9.17, 15) is 0 Å². The third kappa shape index (κ3) is 2.01. The summed E-state index contributed by atoms with van der Waals surface area (Å²) in [5.41, 5.74) is 1.28. The number of thiophene rings is 1. The number of thiazole rings is 1. The molecule has 0 spiro atoms. The Kier molecular flexibility index (Phi) is 3.19. The van der Waals surface area contributed by atoms with Crippen LogP contribution in [0.5, 0.6) is 0 Å². The summed E-state index contributed by atoms with van der Waals surface area (Å²) >= 11 is 10.6. The van der Waals surface area contributed by atoms with Gasteiger partial charge in [0.05, 0.1) is 14.4 Å². The van der Waals surface area contributed by atoms with Crippen molar-refractivity contribution in [1.82, 2.24) is 10.3 Å². The van der Waals surface area contributed by atoms with Gasteiger partial charge in [-0.25, -0.2) is 4.98 Å². The minimum Gasteiger partial charge on any atom is -0.311 e. The third-order valence-electron chi connectivity index (χ3n) is 2.46. The van der Waals surface area contributed by atoms with Gasteiger partial charge in [0.25, 0.3) is 0 Å². The van der Waals surface area contributed by atoms with Crippen molar-refractivity contribution in [2.75, 3.05) is 6.54 Å². The topological polar surface area (TPSA) is 24.9 Å². The second-order valence-corrected chi connectivity index (χ2v) is 7.86. The van der Waals surface area contributed by atoms with E-state index in [1.54, 1.807) is 22.7 Å². The van der Waals surface area contributed by atoms with Gasteiger partial charge in [0, 0.05) is 28.9 Å². The number of fused-ring (bicyclic) bond motifs is 1. The van der Waals surface area contributed by atoms with Crippen LogP contribution in [0.25, 0.3) is 9.88 Å². The van der Waals surface area contributed by atoms with Crippen molar-refractivity contribution >= 4 is 54.5 Å². The molecular formula is C10H8Br2N2S2. The summed E-state index contributed by atoms with van der Waals surface area (Å²) in [7, 11) is 0. The average Bonchev–Trinajstić information content (AvgIpc) is 2.83. The minimum atomic E-state index is 0.973. The predicted molar refractivity (Wildman–Crippen MR) is 76.2 cm³/mol. The molecule has 0 saturated carbocycles. The number of hydrogen-bond acceptors (Lipinski definition) is 4. The van der Waals surface area contributed by atoms with E-state index in [1.165, 1.54) is 15.4 Å². The van der Waals surface area contributed by atoms with Crippen molar-refractivity contribution in [3.8, 4) is 9.88 Å². The van der Waals surface area contributed by atoms with Crippen molar-refractivity contribution in [3.63, 3.8) is 0 Å². The molecule has 0 aromatic carbocycles. The molecule has 0 radical (unpaired) electrons. The number of hydrogen-bond donors (Lipinski definition) is 1. The predicted octanol–water partition coefficient (Wildman–Crippen LogP) is 4.04. The van der Waals surface area contributed by atoms with E-state index in [0.717, 1.165) is 32.8 Å². The van der Waals surface area contributed by atoms with E-state index in [0.29, 0.717) is 0 Å². The number of rotatable bonds is 1. The lowest BCUT2D eigenvalue weighted by molar-refractivity contribution is 0.644. The summed E-state index contributed by atoms with van der Waals surface area (Å²) in [4.78, 5) is 7.35. The molecule has 2 aromatic rings. The molecule has 3 heterocycles. The molecule has 1 aliphatic rings. The van der Waals surface area contributed by atoms with Gasteiger partial charge in [-0.05, 0) is 37.9 Å². The van der Waals surface area contributed by atoms with E-state index in [4.69, 9.17) is 4.98 Å². The number of nitrogens with one attached hydrogen (secondary N) is 1. The molecule has 2 nitrogen and oxygen atoms in total. The van der Waals surface area contributed by atoms with Gasteiger partial charge >= 0.3 is 0 Å². The molecular weight excluding hydrogens is 372 g/mol. The summed E-state index contributed by atoms with van der Waals surface area (Å²) < 4.78 is 2.24. The zero-order valence-electron chi connectivity index (χ0n) is 8.22. The summed E-state index contributed by atoms with van der Waals surface area (Å²) in [6.07, 6.45) is 1.06. The highest BCUT2D eigenvalue weighted by Gasteiger charge is 2.17. The van der Waals surface area contributed by atoms with Crippen LogP contribution < -0.4 is 5.32 Å². The first-order valence-corrected chi connectivity index (χ1v) is 8.10. The second kappa shape index (κ2) is 4.49. The fraction of sp³-hybridized carbons (Fsp3) is 0.300. The standard InChI is InChI=1S/C10H8Br2N2S2/c11-5-3-7(15-9(5)12)10-14-6-1-2-13-4-8(6)16-10/h3,13H,1-2,4H2. The van der Waals surface area contributed by atoms with E-state index >= 15 is 0 Å². The third-order valence-corrected chi connectivity index (χ3v) is 6.98. The Bertz CT molecular complexity index is 490. The fourth-order valence-electron chi connectivity index (χ4n) is 1.68. The van der Waals surface area contributed by atoms with Crippen LogP contribution in [0.15, 0.2) is 14.3 Å². The van der Waals surface area contributed by atoms with Gasteiger partial charge in [0.2, 0.25) is 0 Å². The monoisotopic (exact) mass is 378 g/mol. The normalized spacial score (nSPS) is 15.1. The maximum absolute atomic E-state index is 4.72. The fourth-order valence-corrected chi connectivity index (χ4v) is 4.84. The molecule has 0 aliphatic carbocycles. The zero-order chi connectivity index (χ0) is 11.1. The molecule has 3 rings (SSSR count). The maximum Gasteiger partial charge on any atom is 0.134 e.